The molecule has 1 aliphatic rings. The molecule has 3 rings (SSSR count). The summed E-state index contributed by atoms with van der Waals surface area (Å²) in [5.41, 5.74) is 2.24. The van der Waals surface area contributed by atoms with Gasteiger partial charge in [-0.2, -0.15) is 0 Å². The summed E-state index contributed by atoms with van der Waals surface area (Å²) in [4.78, 5) is 28.6. The van der Waals surface area contributed by atoms with Gasteiger partial charge in [0.2, 0.25) is 5.91 Å². The van der Waals surface area contributed by atoms with E-state index in [1.54, 1.807) is 34.9 Å². The molecule has 0 aliphatic carbocycles. The summed E-state index contributed by atoms with van der Waals surface area (Å²) in [5.74, 6) is -0.639. The predicted molar refractivity (Wildman–Crippen MR) is 90.4 cm³/mol. The Hall–Kier alpha value is -2.69. The first-order valence-corrected chi connectivity index (χ1v) is 7.92. The lowest BCUT2D eigenvalue weighted by Crippen LogP contribution is -2.57. The number of carbonyl (C=O) groups excluding carboxylic acids is 2. The molecule has 2 aromatic carbocycles. The van der Waals surface area contributed by atoms with Crippen molar-refractivity contribution in [1.82, 2.24) is 4.90 Å². The molecule has 4 nitrogen and oxygen atoms in total. The summed E-state index contributed by atoms with van der Waals surface area (Å²) < 4.78 is 13.1. The number of piperazine rings is 1. The van der Waals surface area contributed by atoms with Gasteiger partial charge in [-0.25, -0.2) is 4.39 Å². The number of nitrogens with zero attached hydrogens (tertiary/aromatic N) is 2. The van der Waals surface area contributed by atoms with Crippen LogP contribution in [0.5, 0.6) is 0 Å². The van der Waals surface area contributed by atoms with Gasteiger partial charge in [-0.05, 0) is 50.2 Å². The smallest absolute Gasteiger partial charge is 0.254 e. The van der Waals surface area contributed by atoms with Gasteiger partial charge in [0.1, 0.15) is 11.9 Å². The highest BCUT2D eigenvalue weighted by molar-refractivity contribution is 6.03. The molecule has 24 heavy (non-hydrogen) atoms. The largest absolute Gasteiger partial charge is 0.325 e. The van der Waals surface area contributed by atoms with Crippen LogP contribution >= 0.6 is 0 Å². The first-order chi connectivity index (χ1) is 11.5. The van der Waals surface area contributed by atoms with E-state index in [-0.39, 0.29) is 17.6 Å². The minimum atomic E-state index is -0.559. The number of hydrogen-bond acceptors (Lipinski definition) is 2. The van der Waals surface area contributed by atoms with E-state index in [9.17, 15) is 14.0 Å². The number of anilines is 1. The second-order valence-electron chi connectivity index (χ2n) is 6.01. The van der Waals surface area contributed by atoms with Crippen molar-refractivity contribution in [3.05, 3.63) is 65.5 Å². The van der Waals surface area contributed by atoms with Gasteiger partial charge in [0.15, 0.2) is 0 Å². The normalized spacial score (nSPS) is 18.0. The number of hydrogen-bond donors (Lipinski definition) is 0. The third-order valence-corrected chi connectivity index (χ3v) is 4.32. The Morgan fingerprint density at radius 3 is 2.50 bits per heavy atom. The zero-order valence-electron chi connectivity index (χ0n) is 13.7. The van der Waals surface area contributed by atoms with Crippen LogP contribution in [0, 0.1) is 12.7 Å². The van der Waals surface area contributed by atoms with Crippen LogP contribution in [0.15, 0.2) is 48.5 Å². The van der Waals surface area contributed by atoms with Gasteiger partial charge in [-0.1, -0.05) is 17.7 Å². The lowest BCUT2D eigenvalue weighted by Gasteiger charge is -2.39. The van der Waals surface area contributed by atoms with Crippen molar-refractivity contribution < 1.29 is 14.0 Å². The molecule has 0 spiro atoms. The molecule has 0 radical (unpaired) electrons. The van der Waals surface area contributed by atoms with Crippen LogP contribution in [0.3, 0.4) is 0 Å². The van der Waals surface area contributed by atoms with Crippen molar-refractivity contribution in [3.63, 3.8) is 0 Å². The minimum absolute atomic E-state index is 0.140. The number of amides is 2. The Morgan fingerprint density at radius 2 is 1.83 bits per heavy atom. The second-order valence-corrected chi connectivity index (χ2v) is 6.01. The van der Waals surface area contributed by atoms with Gasteiger partial charge in [0.25, 0.3) is 5.91 Å². The SMILES string of the molecule is Cc1cccc(C(=O)N2CCN(c3ccc(F)cc3)C(=O)[C@H]2C)c1. The van der Waals surface area contributed by atoms with E-state index in [2.05, 4.69) is 0 Å². The second kappa shape index (κ2) is 6.43. The van der Waals surface area contributed by atoms with Crippen LogP contribution in [-0.2, 0) is 4.79 Å². The molecule has 1 fully saturated rings. The van der Waals surface area contributed by atoms with E-state index in [4.69, 9.17) is 0 Å². The van der Waals surface area contributed by atoms with Crippen molar-refractivity contribution in [2.24, 2.45) is 0 Å². The van der Waals surface area contributed by atoms with E-state index in [0.29, 0.717) is 24.3 Å². The van der Waals surface area contributed by atoms with E-state index in [1.807, 2.05) is 25.1 Å². The minimum Gasteiger partial charge on any atom is -0.325 e. The Morgan fingerprint density at radius 1 is 1.12 bits per heavy atom. The zero-order valence-corrected chi connectivity index (χ0v) is 13.7. The fourth-order valence-corrected chi connectivity index (χ4v) is 2.97. The molecule has 5 heteroatoms. The lowest BCUT2D eigenvalue weighted by atomic mass is 10.1. The highest BCUT2D eigenvalue weighted by Gasteiger charge is 2.35. The maximum absolute atomic E-state index is 13.1. The number of carbonyl (C=O) groups is 2. The standard InChI is InChI=1S/C19H19FN2O2/c1-13-4-3-5-15(12-13)19(24)21-10-11-22(18(23)14(21)2)17-8-6-16(20)7-9-17/h3-9,12,14H,10-11H2,1-2H3/t14-/m1/s1. The van der Waals surface area contributed by atoms with Gasteiger partial charge < -0.3 is 9.80 Å². The first kappa shape index (κ1) is 16.2. The molecule has 2 aromatic rings. The van der Waals surface area contributed by atoms with Crippen LogP contribution in [0.2, 0.25) is 0 Å². The molecular formula is C19H19FN2O2. The van der Waals surface area contributed by atoms with Crippen molar-refractivity contribution in [1.29, 1.82) is 0 Å². The van der Waals surface area contributed by atoms with Crippen molar-refractivity contribution in [2.75, 3.05) is 18.0 Å². The van der Waals surface area contributed by atoms with E-state index in [0.717, 1.165) is 5.56 Å². The van der Waals surface area contributed by atoms with Crippen LogP contribution in [0.4, 0.5) is 10.1 Å². The van der Waals surface area contributed by atoms with Gasteiger partial charge in [0.05, 0.1) is 0 Å². The maximum atomic E-state index is 13.1. The third-order valence-electron chi connectivity index (χ3n) is 4.32. The first-order valence-electron chi connectivity index (χ1n) is 7.92. The molecule has 0 saturated carbocycles. The average molecular weight is 326 g/mol. The molecule has 1 atom stereocenters. The number of benzene rings is 2. The number of rotatable bonds is 2. The maximum Gasteiger partial charge on any atom is 0.254 e. The summed E-state index contributed by atoms with van der Waals surface area (Å²) in [6.07, 6.45) is 0. The van der Waals surface area contributed by atoms with E-state index >= 15 is 0 Å². The van der Waals surface area contributed by atoms with Crippen molar-refractivity contribution in [3.8, 4) is 0 Å². The van der Waals surface area contributed by atoms with Crippen molar-refractivity contribution in [2.45, 2.75) is 19.9 Å². The van der Waals surface area contributed by atoms with Crippen LogP contribution in [-0.4, -0.2) is 35.8 Å². The van der Waals surface area contributed by atoms with Crippen LogP contribution in [0.1, 0.15) is 22.8 Å². The fourth-order valence-electron chi connectivity index (χ4n) is 2.97. The third kappa shape index (κ3) is 3.02. The molecule has 124 valence electrons. The van der Waals surface area contributed by atoms with Gasteiger partial charge in [-0.15, -0.1) is 0 Å². The fraction of sp³-hybridized carbons (Fsp3) is 0.263. The number of aryl methyl sites for hydroxylation is 1. The Balaban J connectivity index is 1.79. The molecule has 0 aromatic heterocycles. The Bertz CT molecular complexity index is 773. The number of halogens is 1. The predicted octanol–water partition coefficient (Wildman–Crippen LogP) is 3.01. The topological polar surface area (TPSA) is 40.6 Å². The molecule has 2 amide bonds. The summed E-state index contributed by atoms with van der Waals surface area (Å²) in [6.45, 7) is 4.49. The Labute approximate surface area is 140 Å². The van der Waals surface area contributed by atoms with E-state index in [1.165, 1.54) is 12.1 Å². The van der Waals surface area contributed by atoms with E-state index < -0.39 is 6.04 Å². The summed E-state index contributed by atoms with van der Waals surface area (Å²) in [5, 5.41) is 0. The molecule has 0 bridgehead atoms. The molecule has 1 saturated heterocycles. The molecule has 1 aliphatic heterocycles. The van der Waals surface area contributed by atoms with Crippen molar-refractivity contribution >= 4 is 17.5 Å². The molecule has 1 heterocycles. The van der Waals surface area contributed by atoms with Gasteiger partial charge in [0, 0.05) is 24.3 Å². The van der Waals surface area contributed by atoms with Crippen LogP contribution < -0.4 is 4.90 Å². The van der Waals surface area contributed by atoms with Gasteiger partial charge in [-0.3, -0.25) is 9.59 Å². The molecule has 0 unspecified atom stereocenters. The zero-order chi connectivity index (χ0) is 17.3. The highest BCUT2D eigenvalue weighted by atomic mass is 19.1. The highest BCUT2D eigenvalue weighted by Crippen LogP contribution is 2.22. The summed E-state index contributed by atoms with van der Waals surface area (Å²) in [6, 6.07) is 12.6. The Kier molecular flexibility index (Phi) is 4.34. The van der Waals surface area contributed by atoms with Crippen LogP contribution in [0.25, 0.3) is 0 Å². The summed E-state index contributed by atoms with van der Waals surface area (Å²) >= 11 is 0. The average Bonchev–Trinajstić information content (AvgIpc) is 2.58. The van der Waals surface area contributed by atoms with Gasteiger partial charge >= 0.3 is 0 Å². The lowest BCUT2D eigenvalue weighted by molar-refractivity contribution is -0.124. The molecule has 0 N–H and O–H groups in total. The summed E-state index contributed by atoms with van der Waals surface area (Å²) in [7, 11) is 0. The molecular weight excluding hydrogens is 307 g/mol. The monoisotopic (exact) mass is 326 g/mol. The quantitative estimate of drug-likeness (QED) is 0.851.